The van der Waals surface area contributed by atoms with Gasteiger partial charge in [-0.15, -0.1) is 0 Å². The van der Waals surface area contributed by atoms with Gasteiger partial charge in [-0.2, -0.15) is 0 Å². The van der Waals surface area contributed by atoms with Gasteiger partial charge in [-0.1, -0.05) is 6.07 Å². The summed E-state index contributed by atoms with van der Waals surface area (Å²) in [5.74, 6) is -1.53. The molecule has 0 radical (unpaired) electrons. The number of nitrogens with two attached hydrogens (primary N) is 1. The monoisotopic (exact) mass is 388 g/mol. The molecule has 0 spiro atoms. The van der Waals surface area contributed by atoms with E-state index in [0.29, 0.717) is 37.4 Å². The van der Waals surface area contributed by atoms with Crippen LogP contribution in [0.2, 0.25) is 0 Å². The Morgan fingerprint density at radius 3 is 2.75 bits per heavy atom. The molecule has 2 amide bonds. The van der Waals surface area contributed by atoms with Crippen LogP contribution in [0.4, 0.5) is 13.6 Å². The van der Waals surface area contributed by atoms with Crippen molar-refractivity contribution in [2.24, 2.45) is 17.1 Å². The Bertz CT molecular complexity index is 880. The molecular weight excluding hydrogens is 366 g/mol. The van der Waals surface area contributed by atoms with Crippen molar-refractivity contribution in [3.63, 3.8) is 0 Å². The van der Waals surface area contributed by atoms with Gasteiger partial charge >= 0.3 is 6.03 Å². The van der Waals surface area contributed by atoms with E-state index in [1.54, 1.807) is 0 Å². The lowest BCUT2D eigenvalue weighted by Gasteiger charge is -2.42. The molecular formula is C20H22F2N4O2. The Morgan fingerprint density at radius 1 is 1.36 bits per heavy atom. The zero-order valence-corrected chi connectivity index (χ0v) is 15.3. The van der Waals surface area contributed by atoms with E-state index in [1.165, 1.54) is 17.0 Å². The first-order chi connectivity index (χ1) is 13.3. The standard InChI is InChI=1S/C20H22F2N4O2/c21-13-2-1-3-14(22)17(13)15(23)8-12-11-4-5-20(9-11,18(12)24)16-10-26(19(25)27)6-7-28-16/h1-3,8,11,16,23-24H,4-7,9-10H2,(H2,25,27)/b12-8-,23-15?,24-18?/t11-,16+,20+/m1/s1. The highest BCUT2D eigenvalue weighted by Crippen LogP contribution is 2.57. The van der Waals surface area contributed by atoms with Crippen molar-refractivity contribution in [2.45, 2.75) is 25.4 Å². The summed E-state index contributed by atoms with van der Waals surface area (Å²) in [6, 6.07) is 2.99. The maximum absolute atomic E-state index is 14.0. The van der Waals surface area contributed by atoms with E-state index in [0.717, 1.165) is 25.0 Å². The van der Waals surface area contributed by atoms with Crippen LogP contribution in [0.15, 0.2) is 29.8 Å². The quantitative estimate of drug-likeness (QED) is 0.693. The first kappa shape index (κ1) is 18.7. The summed E-state index contributed by atoms with van der Waals surface area (Å²) in [6.45, 7) is 1.12. The smallest absolute Gasteiger partial charge is 0.314 e. The maximum Gasteiger partial charge on any atom is 0.314 e. The van der Waals surface area contributed by atoms with Crippen LogP contribution in [-0.4, -0.2) is 48.2 Å². The molecule has 8 heteroatoms. The number of morpholine rings is 1. The van der Waals surface area contributed by atoms with Gasteiger partial charge in [-0.25, -0.2) is 13.6 Å². The molecule has 1 aromatic rings. The van der Waals surface area contributed by atoms with E-state index in [-0.39, 0.29) is 23.3 Å². The van der Waals surface area contributed by atoms with Gasteiger partial charge in [0.25, 0.3) is 0 Å². The number of nitrogens with zero attached hydrogens (tertiary/aromatic N) is 1. The van der Waals surface area contributed by atoms with Gasteiger partial charge in [0.1, 0.15) is 11.6 Å². The van der Waals surface area contributed by atoms with Gasteiger partial charge in [-0.05, 0) is 49.0 Å². The fraction of sp³-hybridized carbons (Fsp3) is 0.450. The number of benzene rings is 1. The third-order valence-electron chi connectivity index (χ3n) is 6.30. The topological polar surface area (TPSA) is 103 Å². The molecule has 2 saturated carbocycles. The number of hydrogen-bond donors (Lipinski definition) is 3. The van der Waals surface area contributed by atoms with Gasteiger partial charge in [0.15, 0.2) is 0 Å². The van der Waals surface area contributed by atoms with Crippen LogP contribution in [0.5, 0.6) is 0 Å². The predicted octanol–water partition coefficient (Wildman–Crippen LogP) is 2.86. The largest absolute Gasteiger partial charge is 0.374 e. The maximum atomic E-state index is 14.0. The Kier molecular flexibility index (Phi) is 4.53. The van der Waals surface area contributed by atoms with Gasteiger partial charge in [-0.3, -0.25) is 0 Å². The highest BCUT2D eigenvalue weighted by Gasteiger charge is 2.57. The number of halogens is 2. The van der Waals surface area contributed by atoms with Crippen molar-refractivity contribution in [2.75, 3.05) is 19.7 Å². The molecule has 2 aliphatic carbocycles. The molecule has 1 aliphatic heterocycles. The molecule has 0 unspecified atom stereocenters. The predicted molar refractivity (Wildman–Crippen MR) is 99.7 cm³/mol. The average molecular weight is 388 g/mol. The number of allylic oxidation sites excluding steroid dienone is 2. The summed E-state index contributed by atoms with van der Waals surface area (Å²) in [7, 11) is 0. The van der Waals surface area contributed by atoms with E-state index >= 15 is 0 Å². The van der Waals surface area contributed by atoms with Gasteiger partial charge in [0.2, 0.25) is 0 Å². The van der Waals surface area contributed by atoms with Crippen LogP contribution in [-0.2, 0) is 4.74 Å². The van der Waals surface area contributed by atoms with Crippen LogP contribution in [0.1, 0.15) is 24.8 Å². The fourth-order valence-electron chi connectivity index (χ4n) is 4.87. The number of hydrogen-bond acceptors (Lipinski definition) is 4. The molecule has 4 rings (SSSR count). The average Bonchev–Trinajstić information content (AvgIpc) is 3.21. The summed E-state index contributed by atoms with van der Waals surface area (Å²) in [6.07, 6.45) is 3.34. The van der Waals surface area contributed by atoms with Crippen molar-refractivity contribution in [1.82, 2.24) is 4.90 Å². The lowest BCUT2D eigenvalue weighted by Crippen LogP contribution is -2.54. The van der Waals surface area contributed by atoms with Crippen LogP contribution in [0, 0.1) is 33.8 Å². The number of fused-ring (bicyclic) bond motifs is 2. The lowest BCUT2D eigenvalue weighted by atomic mass is 9.75. The summed E-state index contributed by atoms with van der Waals surface area (Å²) in [5.41, 5.74) is 5.20. The van der Waals surface area contributed by atoms with E-state index in [2.05, 4.69) is 0 Å². The SMILES string of the molecule is N=C(/C=C1\C(=N)[C@@]2([C@@H]3CN(C(N)=O)CCO3)CC[C@@H]1C2)c1c(F)cccc1F. The van der Waals surface area contributed by atoms with Crippen molar-refractivity contribution in [3.05, 3.63) is 47.0 Å². The summed E-state index contributed by atoms with van der Waals surface area (Å²) in [4.78, 5) is 13.1. The molecule has 1 saturated heterocycles. The normalized spacial score (nSPS) is 30.9. The van der Waals surface area contributed by atoms with Gasteiger partial charge in [0.05, 0.1) is 24.0 Å². The molecule has 2 bridgehead atoms. The third-order valence-corrected chi connectivity index (χ3v) is 6.30. The number of primary amides is 1. The molecule has 3 fully saturated rings. The minimum atomic E-state index is -0.793. The van der Waals surface area contributed by atoms with E-state index < -0.39 is 23.1 Å². The highest BCUT2D eigenvalue weighted by atomic mass is 19.1. The zero-order chi connectivity index (χ0) is 20.1. The molecule has 0 aromatic heterocycles. The second-order valence-corrected chi connectivity index (χ2v) is 7.72. The Morgan fingerprint density at radius 2 is 2.07 bits per heavy atom. The molecule has 3 atom stereocenters. The summed E-state index contributed by atoms with van der Waals surface area (Å²) >= 11 is 0. The fourth-order valence-corrected chi connectivity index (χ4v) is 4.87. The Hall–Kier alpha value is -2.61. The Labute approximate surface area is 161 Å². The van der Waals surface area contributed by atoms with Crippen molar-refractivity contribution < 1.29 is 18.3 Å². The zero-order valence-electron chi connectivity index (χ0n) is 15.3. The number of carbonyl (C=O) groups is 1. The van der Waals surface area contributed by atoms with Crippen molar-refractivity contribution >= 4 is 17.5 Å². The van der Waals surface area contributed by atoms with Crippen LogP contribution in [0.25, 0.3) is 0 Å². The van der Waals surface area contributed by atoms with Crippen LogP contribution < -0.4 is 5.73 Å². The van der Waals surface area contributed by atoms with E-state index in [9.17, 15) is 13.6 Å². The third kappa shape index (κ3) is 2.83. The van der Waals surface area contributed by atoms with Gasteiger partial charge < -0.3 is 26.2 Å². The molecule has 28 heavy (non-hydrogen) atoms. The number of amides is 2. The second kappa shape index (κ2) is 6.77. The van der Waals surface area contributed by atoms with Crippen LogP contribution >= 0.6 is 0 Å². The molecule has 3 aliphatic rings. The Balaban J connectivity index is 1.62. The summed E-state index contributed by atoms with van der Waals surface area (Å²) < 4.78 is 33.9. The minimum Gasteiger partial charge on any atom is -0.374 e. The number of urea groups is 1. The number of nitrogens with one attached hydrogen (secondary N) is 2. The van der Waals surface area contributed by atoms with E-state index in [1.807, 2.05) is 0 Å². The number of rotatable bonds is 3. The molecule has 1 aromatic carbocycles. The van der Waals surface area contributed by atoms with Crippen molar-refractivity contribution in [3.8, 4) is 0 Å². The van der Waals surface area contributed by atoms with Gasteiger partial charge in [0, 0.05) is 24.2 Å². The molecule has 148 valence electrons. The minimum absolute atomic E-state index is 0.0511. The summed E-state index contributed by atoms with van der Waals surface area (Å²) in [5, 5.41) is 16.9. The lowest BCUT2D eigenvalue weighted by molar-refractivity contribution is -0.0590. The first-order valence-electron chi connectivity index (χ1n) is 9.33. The molecule has 1 heterocycles. The second-order valence-electron chi connectivity index (χ2n) is 7.72. The number of carbonyl (C=O) groups excluding carboxylic acids is 1. The highest BCUT2D eigenvalue weighted by molar-refractivity contribution is 6.15. The number of ether oxygens (including phenoxy) is 1. The molecule has 6 nitrogen and oxygen atoms in total. The molecule has 4 N–H and O–H groups in total. The first-order valence-corrected chi connectivity index (χ1v) is 9.33. The van der Waals surface area contributed by atoms with Crippen LogP contribution in [0.3, 0.4) is 0 Å². The van der Waals surface area contributed by atoms with E-state index in [4.69, 9.17) is 21.3 Å². The van der Waals surface area contributed by atoms with Crippen molar-refractivity contribution in [1.29, 1.82) is 10.8 Å².